The minimum atomic E-state index is -0.358. The molecular weight excluding hydrogens is 366 g/mol. The topological polar surface area (TPSA) is 87.1 Å². The Bertz CT molecular complexity index is 1230. The summed E-state index contributed by atoms with van der Waals surface area (Å²) < 4.78 is 1.41. The van der Waals surface area contributed by atoms with Gasteiger partial charge < -0.3 is 15.4 Å². The Morgan fingerprint density at radius 3 is 2.63 bits per heavy atom. The smallest absolute Gasteiger partial charge is 0.272 e. The number of halogens is 1. The number of benzene rings is 2. The first-order chi connectivity index (χ1) is 13.0. The summed E-state index contributed by atoms with van der Waals surface area (Å²) in [5, 5.41) is 13.7. The van der Waals surface area contributed by atoms with Crippen molar-refractivity contribution in [3.05, 3.63) is 87.8 Å². The lowest BCUT2D eigenvalue weighted by Gasteiger charge is -2.07. The number of pyridine rings is 1. The van der Waals surface area contributed by atoms with Crippen LogP contribution in [0.1, 0.15) is 10.5 Å². The minimum Gasteiger partial charge on any atom is -0.508 e. The molecular formula is C20H14ClN3O3. The predicted octanol–water partition coefficient (Wildman–Crippen LogP) is 3.93. The number of phenols is 1. The number of nitrogens with zero attached hydrogens (tertiary/aromatic N) is 1. The Morgan fingerprint density at radius 1 is 1.04 bits per heavy atom. The van der Waals surface area contributed by atoms with E-state index in [4.69, 9.17) is 11.6 Å². The van der Waals surface area contributed by atoms with Gasteiger partial charge in [0.1, 0.15) is 17.1 Å². The number of phenolic OH excluding ortho intramolecular Hbond substituents is 1. The first-order valence-corrected chi connectivity index (χ1v) is 8.50. The van der Waals surface area contributed by atoms with Gasteiger partial charge in [-0.05, 0) is 42.5 Å². The Kier molecular flexibility index (Phi) is 4.18. The number of anilines is 1. The number of aromatic nitrogens is 2. The predicted molar refractivity (Wildman–Crippen MR) is 105 cm³/mol. The molecule has 134 valence electrons. The number of carbonyl (C=O) groups excluding carboxylic acids is 1. The van der Waals surface area contributed by atoms with Crippen molar-refractivity contribution < 1.29 is 9.90 Å². The molecule has 3 N–H and O–H groups in total. The number of hydrogen-bond acceptors (Lipinski definition) is 3. The third kappa shape index (κ3) is 3.30. The fourth-order valence-corrected chi connectivity index (χ4v) is 3.08. The Morgan fingerprint density at radius 2 is 1.85 bits per heavy atom. The van der Waals surface area contributed by atoms with Crippen molar-refractivity contribution in [2.75, 3.05) is 5.32 Å². The molecule has 0 atom stereocenters. The molecule has 4 rings (SSSR count). The average molecular weight is 380 g/mol. The first-order valence-electron chi connectivity index (χ1n) is 8.12. The fourth-order valence-electron chi connectivity index (χ4n) is 2.89. The number of fused-ring (bicyclic) bond motifs is 1. The van der Waals surface area contributed by atoms with Crippen LogP contribution in [-0.2, 0) is 0 Å². The molecule has 4 aromatic rings. The molecule has 0 fully saturated rings. The summed E-state index contributed by atoms with van der Waals surface area (Å²) in [4.78, 5) is 28.0. The summed E-state index contributed by atoms with van der Waals surface area (Å²) in [6.07, 6.45) is 0. The van der Waals surface area contributed by atoms with E-state index in [1.165, 1.54) is 22.8 Å². The highest BCUT2D eigenvalue weighted by molar-refractivity contribution is 6.31. The summed E-state index contributed by atoms with van der Waals surface area (Å²) in [6.45, 7) is 0. The van der Waals surface area contributed by atoms with E-state index in [2.05, 4.69) is 10.3 Å². The van der Waals surface area contributed by atoms with Gasteiger partial charge in [0.15, 0.2) is 0 Å². The molecule has 0 bridgehead atoms. The van der Waals surface area contributed by atoms with Crippen molar-refractivity contribution in [2.45, 2.75) is 0 Å². The maximum absolute atomic E-state index is 12.6. The average Bonchev–Trinajstić information content (AvgIpc) is 3.06. The zero-order valence-electron chi connectivity index (χ0n) is 13.9. The number of rotatable bonds is 3. The van der Waals surface area contributed by atoms with E-state index in [1.54, 1.807) is 48.5 Å². The molecule has 2 aromatic heterocycles. The lowest BCUT2D eigenvalue weighted by atomic mass is 10.2. The molecule has 0 radical (unpaired) electrons. The van der Waals surface area contributed by atoms with E-state index >= 15 is 0 Å². The van der Waals surface area contributed by atoms with E-state index in [0.717, 1.165) is 0 Å². The molecule has 27 heavy (non-hydrogen) atoms. The van der Waals surface area contributed by atoms with Gasteiger partial charge >= 0.3 is 0 Å². The van der Waals surface area contributed by atoms with Crippen molar-refractivity contribution in [2.24, 2.45) is 0 Å². The van der Waals surface area contributed by atoms with E-state index in [-0.39, 0.29) is 17.2 Å². The Balaban J connectivity index is 1.77. The molecule has 0 aliphatic carbocycles. The van der Waals surface area contributed by atoms with Crippen LogP contribution >= 0.6 is 11.6 Å². The van der Waals surface area contributed by atoms with Crippen LogP contribution in [0.4, 0.5) is 5.69 Å². The van der Waals surface area contributed by atoms with Gasteiger partial charge in [-0.25, -0.2) is 0 Å². The third-order valence-electron chi connectivity index (χ3n) is 4.09. The number of H-pyrrole nitrogens is 1. The number of amides is 1. The molecule has 2 heterocycles. The van der Waals surface area contributed by atoms with Gasteiger partial charge in [0.05, 0.1) is 5.69 Å². The van der Waals surface area contributed by atoms with Crippen molar-refractivity contribution >= 4 is 34.2 Å². The maximum Gasteiger partial charge on any atom is 0.272 e. The fraction of sp³-hybridized carbons (Fsp3) is 0. The molecule has 0 aliphatic rings. The van der Waals surface area contributed by atoms with Crippen LogP contribution in [0, 0.1) is 0 Å². The molecule has 2 aromatic carbocycles. The summed E-state index contributed by atoms with van der Waals surface area (Å²) in [5.74, 6) is -0.315. The van der Waals surface area contributed by atoms with Crippen molar-refractivity contribution in [1.82, 2.24) is 9.55 Å². The van der Waals surface area contributed by atoms with Crippen molar-refractivity contribution in [3.63, 3.8) is 0 Å². The van der Waals surface area contributed by atoms with Gasteiger partial charge in [-0.2, -0.15) is 0 Å². The lowest BCUT2D eigenvalue weighted by Crippen LogP contribution is -2.17. The molecule has 0 unspecified atom stereocenters. The standard InChI is InChI=1S/C20H14ClN3O3/c21-13-3-1-4-14(10-13)22-20(27)17-9-12-7-8-18(26)24(19(12)23-17)15-5-2-6-16(25)11-15/h1-11,23,25H,(H,22,27). The lowest BCUT2D eigenvalue weighted by molar-refractivity contribution is 0.102. The summed E-state index contributed by atoms with van der Waals surface area (Å²) in [7, 11) is 0. The number of nitrogens with one attached hydrogen (secondary N) is 2. The largest absolute Gasteiger partial charge is 0.508 e. The highest BCUT2D eigenvalue weighted by Crippen LogP contribution is 2.21. The van der Waals surface area contributed by atoms with Crippen LogP contribution in [-0.4, -0.2) is 20.6 Å². The third-order valence-corrected chi connectivity index (χ3v) is 4.33. The first kappa shape index (κ1) is 16.9. The van der Waals surface area contributed by atoms with E-state index in [0.29, 0.717) is 33.1 Å². The van der Waals surface area contributed by atoms with Crippen molar-refractivity contribution in [3.8, 4) is 11.4 Å². The second-order valence-corrected chi connectivity index (χ2v) is 6.41. The van der Waals surface area contributed by atoms with Gasteiger partial charge in [-0.15, -0.1) is 0 Å². The monoisotopic (exact) mass is 379 g/mol. The molecule has 0 aliphatic heterocycles. The SMILES string of the molecule is O=C(Nc1cccc(Cl)c1)c1cc2ccc(=O)n(-c3cccc(O)c3)c2[nH]1. The van der Waals surface area contributed by atoms with Gasteiger partial charge in [0.2, 0.25) is 0 Å². The number of carbonyl (C=O) groups is 1. The van der Waals surface area contributed by atoms with E-state index in [1.807, 2.05) is 0 Å². The molecule has 6 nitrogen and oxygen atoms in total. The van der Waals surface area contributed by atoms with Gasteiger partial charge in [0.25, 0.3) is 11.5 Å². The molecule has 0 saturated carbocycles. The highest BCUT2D eigenvalue weighted by Gasteiger charge is 2.14. The normalized spacial score (nSPS) is 10.9. The van der Waals surface area contributed by atoms with Crippen LogP contribution in [0.25, 0.3) is 16.7 Å². The summed E-state index contributed by atoms with van der Waals surface area (Å²) in [6, 6.07) is 17.9. The minimum absolute atomic E-state index is 0.0434. The maximum atomic E-state index is 12.6. The zero-order valence-corrected chi connectivity index (χ0v) is 14.7. The van der Waals surface area contributed by atoms with Gasteiger partial charge in [-0.3, -0.25) is 14.2 Å². The molecule has 1 amide bonds. The van der Waals surface area contributed by atoms with Crippen LogP contribution in [0.15, 0.2) is 71.5 Å². The Hall–Kier alpha value is -3.51. The Labute approximate surface area is 158 Å². The molecule has 0 saturated heterocycles. The number of aromatic hydroxyl groups is 1. The number of hydrogen-bond donors (Lipinski definition) is 3. The second-order valence-electron chi connectivity index (χ2n) is 5.98. The molecule has 7 heteroatoms. The van der Waals surface area contributed by atoms with Crippen LogP contribution in [0.2, 0.25) is 5.02 Å². The second kappa shape index (κ2) is 6.66. The zero-order chi connectivity index (χ0) is 19.0. The van der Waals surface area contributed by atoms with Gasteiger partial charge in [0, 0.05) is 28.2 Å². The van der Waals surface area contributed by atoms with E-state index in [9.17, 15) is 14.7 Å². The summed E-state index contributed by atoms with van der Waals surface area (Å²) >= 11 is 5.94. The summed E-state index contributed by atoms with van der Waals surface area (Å²) in [5.41, 5.74) is 1.54. The van der Waals surface area contributed by atoms with Gasteiger partial charge in [-0.1, -0.05) is 23.7 Å². The highest BCUT2D eigenvalue weighted by atomic mass is 35.5. The van der Waals surface area contributed by atoms with Crippen molar-refractivity contribution in [1.29, 1.82) is 0 Å². The number of aromatic amines is 1. The quantitative estimate of drug-likeness (QED) is 0.504. The van der Waals surface area contributed by atoms with Crippen LogP contribution in [0.3, 0.4) is 0 Å². The van der Waals surface area contributed by atoms with E-state index < -0.39 is 0 Å². The molecule has 0 spiro atoms. The van der Waals surface area contributed by atoms with Crippen LogP contribution < -0.4 is 10.9 Å². The van der Waals surface area contributed by atoms with Crippen LogP contribution in [0.5, 0.6) is 5.75 Å².